The van der Waals surface area contributed by atoms with Crippen LogP contribution >= 0.6 is 11.8 Å². The summed E-state index contributed by atoms with van der Waals surface area (Å²) in [7, 11) is 0. The Morgan fingerprint density at radius 2 is 1.80 bits per heavy atom. The van der Waals surface area contributed by atoms with Crippen molar-refractivity contribution in [3.63, 3.8) is 0 Å². The Kier molecular flexibility index (Phi) is 5.71. The van der Waals surface area contributed by atoms with Gasteiger partial charge in [0.1, 0.15) is 11.6 Å². The molecule has 1 saturated heterocycles. The van der Waals surface area contributed by atoms with Crippen molar-refractivity contribution in [1.82, 2.24) is 4.90 Å². The molecule has 3 rings (SSSR count). The number of nitrogens with one attached hydrogen (secondary N) is 1. The number of benzene rings is 2. The van der Waals surface area contributed by atoms with Crippen molar-refractivity contribution in [3.8, 4) is 0 Å². The largest absolute Gasteiger partial charge is 0.322 e. The van der Waals surface area contributed by atoms with Gasteiger partial charge < -0.3 is 5.32 Å². The van der Waals surface area contributed by atoms with Gasteiger partial charge in [-0.2, -0.15) is 11.8 Å². The predicted molar refractivity (Wildman–Crippen MR) is 98.1 cm³/mol. The number of rotatable bonds is 4. The van der Waals surface area contributed by atoms with Gasteiger partial charge in [-0.15, -0.1) is 0 Å². The van der Waals surface area contributed by atoms with Crippen LogP contribution in [0.4, 0.5) is 14.5 Å². The van der Waals surface area contributed by atoms with Crippen LogP contribution in [0.15, 0.2) is 36.4 Å². The molecule has 0 radical (unpaired) electrons. The Bertz CT molecular complexity index is 756. The summed E-state index contributed by atoms with van der Waals surface area (Å²) in [6.07, 6.45) is 0. The number of nitrogens with zero attached hydrogens (tertiary/aromatic N) is 1. The second-order valence-electron chi connectivity index (χ2n) is 6.15. The van der Waals surface area contributed by atoms with Crippen molar-refractivity contribution in [2.45, 2.75) is 13.5 Å². The van der Waals surface area contributed by atoms with Gasteiger partial charge in [-0.3, -0.25) is 9.69 Å². The number of amides is 1. The molecule has 0 aliphatic carbocycles. The minimum absolute atomic E-state index is 0.0321. The van der Waals surface area contributed by atoms with E-state index in [4.69, 9.17) is 0 Å². The SMILES string of the molecule is Cc1ccc(CN2CCSCC2)cc1NC(=O)c1cc(F)cc(F)c1. The van der Waals surface area contributed by atoms with Crippen LogP contribution in [-0.2, 0) is 6.54 Å². The standard InChI is InChI=1S/C19H20F2N2OS/c1-13-2-3-14(12-23-4-6-25-7-5-23)8-18(13)22-19(24)15-9-16(20)11-17(21)10-15/h2-3,8-11H,4-7,12H2,1H3,(H,22,24). The minimum atomic E-state index is -0.765. The second-order valence-corrected chi connectivity index (χ2v) is 7.37. The number of hydrogen-bond donors (Lipinski definition) is 1. The topological polar surface area (TPSA) is 32.3 Å². The second kappa shape index (κ2) is 7.97. The lowest BCUT2D eigenvalue weighted by Gasteiger charge is -2.26. The zero-order chi connectivity index (χ0) is 17.8. The van der Waals surface area contributed by atoms with E-state index in [-0.39, 0.29) is 5.56 Å². The molecule has 0 aromatic heterocycles. The summed E-state index contributed by atoms with van der Waals surface area (Å²) in [5.74, 6) is 0.228. The van der Waals surface area contributed by atoms with Gasteiger partial charge in [-0.05, 0) is 36.2 Å². The summed E-state index contributed by atoms with van der Waals surface area (Å²) < 4.78 is 26.6. The quantitative estimate of drug-likeness (QED) is 0.890. The number of carbonyl (C=O) groups excluding carboxylic acids is 1. The maximum atomic E-state index is 13.3. The average molecular weight is 362 g/mol. The highest BCUT2D eigenvalue weighted by molar-refractivity contribution is 7.99. The fraction of sp³-hybridized carbons (Fsp3) is 0.316. The molecular formula is C19H20F2N2OS. The van der Waals surface area contributed by atoms with Crippen LogP contribution in [0.3, 0.4) is 0 Å². The lowest BCUT2D eigenvalue weighted by Crippen LogP contribution is -2.32. The maximum absolute atomic E-state index is 13.3. The number of thioether (sulfide) groups is 1. The third-order valence-electron chi connectivity index (χ3n) is 4.18. The normalized spacial score (nSPS) is 15.2. The molecule has 132 valence electrons. The third-order valence-corrected chi connectivity index (χ3v) is 5.13. The van der Waals surface area contributed by atoms with E-state index in [0.717, 1.165) is 60.5 Å². The molecule has 1 heterocycles. The van der Waals surface area contributed by atoms with Crippen LogP contribution in [0.2, 0.25) is 0 Å². The minimum Gasteiger partial charge on any atom is -0.322 e. The molecule has 25 heavy (non-hydrogen) atoms. The Morgan fingerprint density at radius 3 is 2.48 bits per heavy atom. The first-order valence-corrected chi connectivity index (χ1v) is 9.34. The number of anilines is 1. The van der Waals surface area contributed by atoms with E-state index in [1.54, 1.807) is 0 Å². The Hall–Kier alpha value is -1.92. The average Bonchev–Trinajstić information content (AvgIpc) is 2.58. The van der Waals surface area contributed by atoms with Crippen LogP contribution in [0.5, 0.6) is 0 Å². The first-order chi connectivity index (χ1) is 12.0. The van der Waals surface area contributed by atoms with Gasteiger partial charge in [0, 0.05) is 48.5 Å². The summed E-state index contributed by atoms with van der Waals surface area (Å²) >= 11 is 1.96. The highest BCUT2D eigenvalue weighted by Crippen LogP contribution is 2.21. The van der Waals surface area contributed by atoms with Crippen molar-refractivity contribution in [2.24, 2.45) is 0 Å². The highest BCUT2D eigenvalue weighted by atomic mass is 32.2. The first-order valence-electron chi connectivity index (χ1n) is 8.18. The van der Waals surface area contributed by atoms with E-state index in [1.807, 2.05) is 30.8 Å². The Labute approximate surface area is 150 Å². The summed E-state index contributed by atoms with van der Waals surface area (Å²) in [5, 5.41) is 2.76. The lowest BCUT2D eigenvalue weighted by molar-refractivity contribution is 0.102. The summed E-state index contributed by atoms with van der Waals surface area (Å²) in [6, 6.07) is 8.75. The molecule has 0 bridgehead atoms. The monoisotopic (exact) mass is 362 g/mol. The fourth-order valence-electron chi connectivity index (χ4n) is 2.80. The molecule has 1 fully saturated rings. The van der Waals surface area contributed by atoms with Crippen molar-refractivity contribution in [1.29, 1.82) is 0 Å². The molecule has 1 amide bonds. The van der Waals surface area contributed by atoms with Crippen LogP contribution in [0.1, 0.15) is 21.5 Å². The fourth-order valence-corrected chi connectivity index (χ4v) is 3.78. The van der Waals surface area contributed by atoms with E-state index in [1.165, 1.54) is 0 Å². The van der Waals surface area contributed by atoms with Gasteiger partial charge in [0.15, 0.2) is 0 Å². The smallest absolute Gasteiger partial charge is 0.255 e. The van der Waals surface area contributed by atoms with Crippen LogP contribution < -0.4 is 5.32 Å². The van der Waals surface area contributed by atoms with Gasteiger partial charge in [-0.25, -0.2) is 8.78 Å². The molecule has 2 aromatic rings. The molecule has 2 aromatic carbocycles. The number of hydrogen-bond acceptors (Lipinski definition) is 3. The Morgan fingerprint density at radius 1 is 1.12 bits per heavy atom. The van der Waals surface area contributed by atoms with Crippen molar-refractivity contribution in [2.75, 3.05) is 29.9 Å². The molecule has 6 heteroatoms. The molecule has 0 atom stereocenters. The molecule has 1 N–H and O–H groups in total. The highest BCUT2D eigenvalue weighted by Gasteiger charge is 2.14. The zero-order valence-corrected chi connectivity index (χ0v) is 14.8. The van der Waals surface area contributed by atoms with Gasteiger partial charge in [0.05, 0.1) is 0 Å². The van der Waals surface area contributed by atoms with E-state index in [9.17, 15) is 13.6 Å². The van der Waals surface area contributed by atoms with Crippen LogP contribution in [-0.4, -0.2) is 35.4 Å². The van der Waals surface area contributed by atoms with E-state index in [2.05, 4.69) is 16.3 Å². The van der Waals surface area contributed by atoms with E-state index >= 15 is 0 Å². The van der Waals surface area contributed by atoms with Crippen LogP contribution in [0.25, 0.3) is 0 Å². The number of carbonyl (C=O) groups is 1. The van der Waals surface area contributed by atoms with Crippen LogP contribution in [0, 0.1) is 18.6 Å². The summed E-state index contributed by atoms with van der Waals surface area (Å²) in [6.45, 7) is 4.84. The molecule has 0 spiro atoms. The third kappa shape index (κ3) is 4.80. The summed E-state index contributed by atoms with van der Waals surface area (Å²) in [4.78, 5) is 14.7. The van der Waals surface area contributed by atoms with Gasteiger partial charge in [0.2, 0.25) is 0 Å². The van der Waals surface area contributed by atoms with Crippen molar-refractivity contribution < 1.29 is 13.6 Å². The summed E-state index contributed by atoms with van der Waals surface area (Å²) in [5.41, 5.74) is 2.65. The van der Waals surface area contributed by atoms with Crippen molar-refractivity contribution >= 4 is 23.4 Å². The number of halogens is 2. The van der Waals surface area contributed by atoms with Gasteiger partial charge >= 0.3 is 0 Å². The first kappa shape index (κ1) is 17.9. The van der Waals surface area contributed by atoms with Crippen molar-refractivity contribution in [3.05, 3.63) is 64.7 Å². The Balaban J connectivity index is 1.74. The molecule has 0 unspecified atom stereocenters. The zero-order valence-electron chi connectivity index (χ0n) is 14.0. The van der Waals surface area contributed by atoms with E-state index < -0.39 is 17.5 Å². The van der Waals surface area contributed by atoms with Gasteiger partial charge in [-0.1, -0.05) is 12.1 Å². The predicted octanol–water partition coefficient (Wildman–Crippen LogP) is 4.07. The maximum Gasteiger partial charge on any atom is 0.255 e. The molecular weight excluding hydrogens is 342 g/mol. The van der Waals surface area contributed by atoms with Gasteiger partial charge in [0.25, 0.3) is 5.91 Å². The van der Waals surface area contributed by atoms with E-state index in [0.29, 0.717) is 5.69 Å². The molecule has 0 saturated carbocycles. The lowest BCUT2D eigenvalue weighted by atomic mass is 10.1. The molecule has 3 nitrogen and oxygen atoms in total. The molecule has 1 aliphatic rings. The number of aryl methyl sites for hydroxylation is 1. The molecule has 1 aliphatic heterocycles.